The molecule has 158 valence electrons. The summed E-state index contributed by atoms with van der Waals surface area (Å²) in [5, 5.41) is 12.5. The molecule has 1 heterocycles. The van der Waals surface area contributed by atoms with Gasteiger partial charge in [-0.25, -0.2) is 18.1 Å². The van der Waals surface area contributed by atoms with E-state index in [-0.39, 0.29) is 29.4 Å². The summed E-state index contributed by atoms with van der Waals surface area (Å²) in [6.45, 7) is -2.94. The minimum Gasteiger partial charge on any atom is -0.471 e. The summed E-state index contributed by atoms with van der Waals surface area (Å²) in [6.07, 6.45) is -9.47. The third-order valence-corrected chi connectivity index (χ3v) is 5.17. The van der Waals surface area contributed by atoms with Crippen molar-refractivity contribution in [2.75, 3.05) is 12.3 Å². The number of hydrogen-bond donors (Lipinski definition) is 3. The number of aliphatic hydroxyl groups is 1. The number of sulfonamides is 1. The second kappa shape index (κ2) is 8.13. The number of nitrogens with zero attached hydrogens (tertiary/aromatic N) is 2. The van der Waals surface area contributed by atoms with Gasteiger partial charge in [0, 0.05) is 18.7 Å². The fourth-order valence-corrected chi connectivity index (χ4v) is 3.13. The molecule has 1 aliphatic rings. The van der Waals surface area contributed by atoms with Gasteiger partial charge >= 0.3 is 6.18 Å². The predicted molar refractivity (Wildman–Crippen MR) is 97.3 cm³/mol. The van der Waals surface area contributed by atoms with Crippen molar-refractivity contribution >= 4 is 21.7 Å². The summed E-state index contributed by atoms with van der Waals surface area (Å²) in [6, 6.07) is 4.56. The van der Waals surface area contributed by atoms with Crippen LogP contribution in [0.3, 0.4) is 0 Å². The number of aromatic nitrogens is 2. The number of alkyl halides is 3. The summed E-state index contributed by atoms with van der Waals surface area (Å²) < 4.78 is 107. The average Bonchev–Trinajstić information content (AvgIpc) is 2.91. The molecular formula is C17H19F3N4O4S. The van der Waals surface area contributed by atoms with Crippen LogP contribution in [0.2, 0.25) is 0 Å². The molecule has 8 nitrogen and oxygen atoms in total. The second-order valence-corrected chi connectivity index (χ2v) is 7.73. The minimum atomic E-state index is -4.89. The van der Waals surface area contributed by atoms with Crippen LogP contribution in [-0.4, -0.2) is 42.7 Å². The molecule has 0 spiro atoms. The van der Waals surface area contributed by atoms with E-state index in [4.69, 9.17) is 11.6 Å². The molecule has 0 aliphatic heterocycles. The Hall–Kier alpha value is -2.44. The first-order valence-corrected chi connectivity index (χ1v) is 9.64. The Kier molecular flexibility index (Phi) is 4.32. The lowest BCUT2D eigenvalue weighted by molar-refractivity contribution is -0.140. The lowest BCUT2D eigenvalue weighted by Gasteiger charge is -2.19. The third-order valence-electron chi connectivity index (χ3n) is 4.01. The topological polar surface area (TPSA) is 113 Å². The number of hydrogen-bond acceptors (Lipinski definition) is 7. The summed E-state index contributed by atoms with van der Waals surface area (Å²) in [5.74, 6) is -1.26. The molecule has 3 rings (SSSR count). The second-order valence-electron chi connectivity index (χ2n) is 6.05. The van der Waals surface area contributed by atoms with Gasteiger partial charge in [0.1, 0.15) is 11.7 Å². The van der Waals surface area contributed by atoms with Crippen LogP contribution in [-0.2, 0) is 16.2 Å². The van der Waals surface area contributed by atoms with E-state index < -0.39 is 53.2 Å². The molecule has 0 bridgehead atoms. The van der Waals surface area contributed by atoms with Gasteiger partial charge in [0.05, 0.1) is 11.0 Å². The number of halogens is 3. The van der Waals surface area contributed by atoms with Crippen LogP contribution in [0.5, 0.6) is 5.88 Å². The first-order chi connectivity index (χ1) is 15.5. The van der Waals surface area contributed by atoms with Crippen molar-refractivity contribution in [3.8, 4) is 5.88 Å². The van der Waals surface area contributed by atoms with Crippen LogP contribution in [0.25, 0.3) is 0 Å². The van der Waals surface area contributed by atoms with E-state index in [9.17, 15) is 26.7 Å². The van der Waals surface area contributed by atoms with Crippen LogP contribution in [0.15, 0.2) is 35.4 Å². The maximum absolute atomic E-state index is 13.4. The highest BCUT2D eigenvalue weighted by atomic mass is 32.2. The molecule has 1 aromatic carbocycles. The molecule has 2 aromatic rings. The van der Waals surface area contributed by atoms with Crippen LogP contribution < -0.4 is 14.8 Å². The van der Waals surface area contributed by atoms with Gasteiger partial charge in [0.2, 0.25) is 21.9 Å². The van der Waals surface area contributed by atoms with Crippen molar-refractivity contribution in [3.05, 3.63) is 36.0 Å². The molecule has 0 saturated heterocycles. The summed E-state index contributed by atoms with van der Waals surface area (Å²) in [4.78, 5) is 6.91. The highest BCUT2D eigenvalue weighted by Gasteiger charge is 2.38. The Morgan fingerprint density at radius 3 is 2.62 bits per heavy atom. The molecular weight excluding hydrogens is 413 g/mol. The van der Waals surface area contributed by atoms with Gasteiger partial charge in [-0.15, -0.1) is 0 Å². The van der Waals surface area contributed by atoms with Crippen LogP contribution in [0.1, 0.15) is 31.6 Å². The van der Waals surface area contributed by atoms with Crippen LogP contribution in [0.4, 0.5) is 24.8 Å². The summed E-state index contributed by atoms with van der Waals surface area (Å²) in [7, 11) is -4.34. The largest absolute Gasteiger partial charge is 0.471 e. The third kappa shape index (κ3) is 4.95. The Morgan fingerprint density at radius 2 is 2.03 bits per heavy atom. The van der Waals surface area contributed by atoms with Gasteiger partial charge in [-0.3, -0.25) is 0 Å². The van der Waals surface area contributed by atoms with E-state index in [0.717, 1.165) is 12.1 Å². The zero-order valence-electron chi connectivity index (χ0n) is 19.6. The normalized spacial score (nSPS) is 24.6. The fraction of sp³-hybridized carbons (Fsp3) is 0.412. The number of anilines is 2. The van der Waals surface area contributed by atoms with Crippen molar-refractivity contribution < 1.29 is 38.3 Å². The number of ether oxygens (including phenoxy) is 1. The molecule has 0 amide bonds. The number of nitrogens with one attached hydrogen (secondary N) is 2. The maximum Gasteiger partial charge on any atom is 0.423 e. The Balaban J connectivity index is 1.83. The first kappa shape index (κ1) is 15.4. The molecule has 1 aliphatic carbocycles. The van der Waals surface area contributed by atoms with Crippen molar-refractivity contribution in [3.63, 3.8) is 0 Å². The number of benzene rings is 1. The molecule has 0 radical (unpaired) electrons. The SMILES string of the molecule is [2H]C1([2H])C[C@@H](O)[C@@H](Oc2nc(Nc3ccc(S(=O)(=O)NC([2H])([2H])[2H])cc3)ncc2C(F)(F)F)C1. The fourth-order valence-electron chi connectivity index (χ4n) is 2.52. The van der Waals surface area contributed by atoms with Gasteiger partial charge in [-0.05, 0) is 50.5 Å². The molecule has 1 aromatic heterocycles. The van der Waals surface area contributed by atoms with Crippen molar-refractivity contribution in [2.45, 2.75) is 42.5 Å². The van der Waals surface area contributed by atoms with E-state index in [2.05, 4.69) is 15.3 Å². The minimum absolute atomic E-state index is 0.163. The van der Waals surface area contributed by atoms with E-state index in [1.54, 1.807) is 0 Å². The van der Waals surface area contributed by atoms with Gasteiger partial charge in [0.25, 0.3) is 0 Å². The van der Waals surface area contributed by atoms with Crippen LogP contribution in [0, 0.1) is 0 Å². The van der Waals surface area contributed by atoms with E-state index in [1.165, 1.54) is 16.9 Å². The standard InChI is InChI=1S/C17H19F3N4O4S/c1-21-29(26,27)11-7-5-10(6-8-11)23-16-22-9-12(17(18,19)20)15(24-16)28-14-4-2-3-13(14)25/h5-9,13-14,21,25H,2-4H2,1H3,(H,22,23,24)/t13-,14+/m1/s1/i1D3,2D2. The lowest BCUT2D eigenvalue weighted by atomic mass is 10.2. The van der Waals surface area contributed by atoms with Crippen molar-refractivity contribution in [1.29, 1.82) is 0 Å². The molecule has 2 atom stereocenters. The van der Waals surface area contributed by atoms with Crippen molar-refractivity contribution in [2.24, 2.45) is 0 Å². The van der Waals surface area contributed by atoms with E-state index >= 15 is 0 Å². The van der Waals surface area contributed by atoms with E-state index in [0.29, 0.717) is 6.20 Å². The number of aliphatic hydroxyl groups excluding tert-OH is 1. The maximum atomic E-state index is 13.4. The quantitative estimate of drug-likeness (QED) is 0.636. The molecule has 3 N–H and O–H groups in total. The predicted octanol–water partition coefficient (Wildman–Crippen LogP) is 2.44. The Morgan fingerprint density at radius 1 is 1.31 bits per heavy atom. The van der Waals surface area contributed by atoms with Gasteiger partial charge < -0.3 is 15.2 Å². The van der Waals surface area contributed by atoms with Gasteiger partial charge in [0.15, 0.2) is 0 Å². The highest BCUT2D eigenvalue weighted by molar-refractivity contribution is 7.89. The van der Waals surface area contributed by atoms with E-state index in [1.807, 2.05) is 0 Å². The molecule has 29 heavy (non-hydrogen) atoms. The molecule has 12 heteroatoms. The Bertz CT molecular complexity index is 1150. The smallest absolute Gasteiger partial charge is 0.423 e. The zero-order chi connectivity index (χ0) is 25.5. The summed E-state index contributed by atoms with van der Waals surface area (Å²) in [5.41, 5.74) is -1.16. The van der Waals surface area contributed by atoms with Gasteiger partial charge in [-0.2, -0.15) is 18.2 Å². The van der Waals surface area contributed by atoms with Crippen LogP contribution >= 0.6 is 0 Å². The number of rotatable bonds is 6. The Labute approximate surface area is 172 Å². The summed E-state index contributed by atoms with van der Waals surface area (Å²) >= 11 is 0. The average molecular weight is 437 g/mol. The monoisotopic (exact) mass is 437 g/mol. The molecule has 1 fully saturated rings. The zero-order valence-corrected chi connectivity index (χ0v) is 15.4. The molecule has 0 unspecified atom stereocenters. The highest BCUT2D eigenvalue weighted by Crippen LogP contribution is 2.37. The van der Waals surface area contributed by atoms with Crippen molar-refractivity contribution in [1.82, 2.24) is 14.7 Å². The lowest BCUT2D eigenvalue weighted by Crippen LogP contribution is -2.27. The first-order valence-electron chi connectivity index (χ1n) is 10.7. The molecule has 1 saturated carbocycles. The van der Waals surface area contributed by atoms with Gasteiger partial charge in [-0.1, -0.05) is 0 Å².